The number of benzene rings is 2. The zero-order valence-corrected chi connectivity index (χ0v) is 16.4. The fraction of sp³-hybridized carbons (Fsp3) is 0.261. The molecule has 0 bridgehead atoms. The van der Waals surface area contributed by atoms with E-state index in [-0.39, 0.29) is 5.75 Å². The van der Waals surface area contributed by atoms with Crippen molar-refractivity contribution in [2.75, 3.05) is 18.0 Å². The molecule has 1 saturated heterocycles. The number of anilines is 1. The maximum atomic E-state index is 10.4. The fourth-order valence-corrected chi connectivity index (χ4v) is 3.89. The molecule has 1 N–H and O–H groups in total. The number of aryl methyl sites for hydroxylation is 1. The first kappa shape index (κ1) is 17.7. The lowest BCUT2D eigenvalue weighted by molar-refractivity contribution is 0.477. The summed E-state index contributed by atoms with van der Waals surface area (Å²) in [7, 11) is 0. The number of para-hydroxylation sites is 1. The first-order valence-corrected chi connectivity index (χ1v) is 10.1. The molecule has 4 aromatic rings. The first-order chi connectivity index (χ1) is 14.2. The van der Waals surface area contributed by atoms with Gasteiger partial charge >= 0.3 is 0 Å². The summed E-state index contributed by atoms with van der Waals surface area (Å²) in [4.78, 5) is 16.7. The molecule has 0 atom stereocenters. The monoisotopic (exact) mass is 385 g/mol. The number of imidazole rings is 1. The second kappa shape index (κ2) is 7.20. The van der Waals surface area contributed by atoms with Gasteiger partial charge in [-0.25, -0.2) is 15.0 Å². The van der Waals surface area contributed by atoms with Gasteiger partial charge in [0.15, 0.2) is 22.8 Å². The molecule has 0 unspecified atom stereocenters. The zero-order valence-electron chi connectivity index (χ0n) is 16.4. The van der Waals surface area contributed by atoms with E-state index < -0.39 is 0 Å². The molecule has 0 aliphatic carbocycles. The highest BCUT2D eigenvalue weighted by atomic mass is 16.3. The van der Waals surface area contributed by atoms with Crippen molar-refractivity contribution in [1.29, 1.82) is 0 Å². The smallest absolute Gasteiger partial charge is 0.170 e. The van der Waals surface area contributed by atoms with Crippen LogP contribution >= 0.6 is 0 Å². The molecular weight excluding hydrogens is 362 g/mol. The summed E-state index contributed by atoms with van der Waals surface area (Å²) in [5.74, 6) is 1.54. The van der Waals surface area contributed by atoms with E-state index in [4.69, 9.17) is 9.97 Å². The van der Waals surface area contributed by atoms with Crippen LogP contribution in [0, 0.1) is 6.92 Å². The number of nitrogens with zero attached hydrogens (tertiary/aromatic N) is 5. The molecule has 1 fully saturated rings. The van der Waals surface area contributed by atoms with Crippen LogP contribution < -0.4 is 4.90 Å². The molecule has 5 rings (SSSR count). The summed E-state index contributed by atoms with van der Waals surface area (Å²) < 4.78 is 1.99. The van der Waals surface area contributed by atoms with Crippen molar-refractivity contribution in [3.8, 4) is 22.8 Å². The Bertz CT molecular complexity index is 1160. The van der Waals surface area contributed by atoms with E-state index >= 15 is 0 Å². The number of rotatable bonds is 3. The van der Waals surface area contributed by atoms with Gasteiger partial charge in [0, 0.05) is 18.8 Å². The average molecular weight is 385 g/mol. The van der Waals surface area contributed by atoms with Crippen molar-refractivity contribution in [3.63, 3.8) is 0 Å². The first-order valence-electron chi connectivity index (χ1n) is 10.1. The Hall–Kier alpha value is -3.41. The average Bonchev–Trinajstić information content (AvgIpc) is 3.18. The number of hydrogen-bond donors (Lipinski definition) is 1. The van der Waals surface area contributed by atoms with E-state index in [1.165, 1.54) is 12.0 Å². The highest BCUT2D eigenvalue weighted by Crippen LogP contribution is 2.32. The molecule has 2 aromatic heterocycles. The van der Waals surface area contributed by atoms with Gasteiger partial charge in [0.2, 0.25) is 0 Å². The van der Waals surface area contributed by atoms with Gasteiger partial charge in [0.25, 0.3) is 0 Å². The lowest BCUT2D eigenvalue weighted by atomic mass is 10.1. The lowest BCUT2D eigenvalue weighted by Gasteiger charge is -2.28. The summed E-state index contributed by atoms with van der Waals surface area (Å²) in [5, 5.41) is 10.4. The van der Waals surface area contributed by atoms with Crippen LogP contribution in [0.3, 0.4) is 0 Å². The third kappa shape index (κ3) is 3.20. The third-order valence-electron chi connectivity index (χ3n) is 5.49. The van der Waals surface area contributed by atoms with Gasteiger partial charge in [-0.3, -0.25) is 4.57 Å². The Kier molecular flexibility index (Phi) is 4.39. The Morgan fingerprint density at radius 3 is 2.41 bits per heavy atom. The molecule has 3 heterocycles. The van der Waals surface area contributed by atoms with Gasteiger partial charge in [-0.1, -0.05) is 29.8 Å². The summed E-state index contributed by atoms with van der Waals surface area (Å²) in [6, 6.07) is 15.5. The van der Waals surface area contributed by atoms with Gasteiger partial charge in [0.1, 0.15) is 12.1 Å². The second-order valence-electron chi connectivity index (χ2n) is 7.56. The van der Waals surface area contributed by atoms with Gasteiger partial charge in [-0.05, 0) is 50.5 Å². The second-order valence-corrected chi connectivity index (χ2v) is 7.56. The molecule has 1 aliphatic rings. The zero-order chi connectivity index (χ0) is 19.8. The summed E-state index contributed by atoms with van der Waals surface area (Å²) in [6.07, 6.45) is 5.35. The Labute approximate surface area is 169 Å². The van der Waals surface area contributed by atoms with Crippen LogP contribution in [0.2, 0.25) is 0 Å². The number of aromatic nitrogens is 4. The van der Waals surface area contributed by atoms with Crippen molar-refractivity contribution in [2.24, 2.45) is 0 Å². The normalized spacial score (nSPS) is 14.4. The SMILES string of the molecule is Cc1ccc(-n2cnc3c(N4CCCCC4)nc(-c4ccccc4O)nc32)cc1. The van der Waals surface area contributed by atoms with E-state index in [0.29, 0.717) is 11.4 Å². The van der Waals surface area contributed by atoms with Gasteiger partial charge in [0.05, 0.1) is 5.56 Å². The maximum Gasteiger partial charge on any atom is 0.170 e. The summed E-state index contributed by atoms with van der Waals surface area (Å²) in [5.41, 5.74) is 4.39. The number of fused-ring (bicyclic) bond motifs is 1. The minimum atomic E-state index is 0.179. The minimum Gasteiger partial charge on any atom is -0.507 e. The molecule has 6 nitrogen and oxygen atoms in total. The number of phenols is 1. The lowest BCUT2D eigenvalue weighted by Crippen LogP contribution is -2.30. The predicted molar refractivity (Wildman–Crippen MR) is 115 cm³/mol. The number of hydrogen-bond acceptors (Lipinski definition) is 5. The van der Waals surface area contributed by atoms with E-state index in [0.717, 1.165) is 48.6 Å². The predicted octanol–water partition coefficient (Wildman–Crippen LogP) is 4.49. The highest BCUT2D eigenvalue weighted by Gasteiger charge is 2.22. The maximum absolute atomic E-state index is 10.4. The van der Waals surface area contributed by atoms with E-state index in [9.17, 15) is 5.11 Å². The molecule has 6 heteroatoms. The minimum absolute atomic E-state index is 0.179. The van der Waals surface area contributed by atoms with Crippen LogP contribution in [0.15, 0.2) is 54.9 Å². The van der Waals surface area contributed by atoms with Gasteiger partial charge in [-0.15, -0.1) is 0 Å². The van der Waals surface area contributed by atoms with E-state index in [2.05, 4.69) is 41.1 Å². The number of aromatic hydroxyl groups is 1. The van der Waals surface area contributed by atoms with Crippen LogP contribution in [-0.2, 0) is 0 Å². The van der Waals surface area contributed by atoms with Crippen LogP contribution in [0.1, 0.15) is 24.8 Å². The summed E-state index contributed by atoms with van der Waals surface area (Å²) in [6.45, 7) is 4.00. The summed E-state index contributed by atoms with van der Waals surface area (Å²) >= 11 is 0. The van der Waals surface area contributed by atoms with Crippen LogP contribution in [-0.4, -0.2) is 37.7 Å². The van der Waals surface area contributed by atoms with Crippen molar-refractivity contribution in [2.45, 2.75) is 26.2 Å². The van der Waals surface area contributed by atoms with E-state index in [1.54, 1.807) is 12.1 Å². The fourth-order valence-electron chi connectivity index (χ4n) is 3.89. The molecule has 0 spiro atoms. The molecule has 0 amide bonds. The quantitative estimate of drug-likeness (QED) is 0.563. The van der Waals surface area contributed by atoms with Crippen molar-refractivity contribution < 1.29 is 5.11 Å². The van der Waals surface area contributed by atoms with E-state index in [1.807, 2.05) is 23.0 Å². The molecule has 0 radical (unpaired) electrons. The van der Waals surface area contributed by atoms with Crippen molar-refractivity contribution in [1.82, 2.24) is 19.5 Å². The van der Waals surface area contributed by atoms with Crippen LogP contribution in [0.4, 0.5) is 5.82 Å². The van der Waals surface area contributed by atoms with Gasteiger partial charge in [-0.2, -0.15) is 0 Å². The number of phenolic OH excluding ortho intramolecular Hbond substituents is 1. The topological polar surface area (TPSA) is 67.1 Å². The Balaban J connectivity index is 1.74. The Morgan fingerprint density at radius 2 is 1.66 bits per heavy atom. The van der Waals surface area contributed by atoms with Crippen molar-refractivity contribution >= 4 is 17.0 Å². The number of piperidine rings is 1. The molecular formula is C23H23N5O. The molecule has 0 saturated carbocycles. The van der Waals surface area contributed by atoms with Gasteiger partial charge < -0.3 is 10.0 Å². The molecule has 146 valence electrons. The Morgan fingerprint density at radius 1 is 0.897 bits per heavy atom. The van der Waals surface area contributed by atoms with Crippen molar-refractivity contribution in [3.05, 3.63) is 60.4 Å². The van der Waals surface area contributed by atoms with Crippen LogP contribution in [0.25, 0.3) is 28.2 Å². The largest absolute Gasteiger partial charge is 0.507 e. The highest BCUT2D eigenvalue weighted by molar-refractivity contribution is 5.87. The standard InChI is InChI=1S/C23H23N5O/c1-16-9-11-17(12-10-16)28-15-24-20-22(27-13-5-2-6-14-27)25-21(26-23(20)28)18-7-3-4-8-19(18)29/h3-4,7-12,15,29H,2,5-6,13-14H2,1H3. The third-order valence-corrected chi connectivity index (χ3v) is 5.49. The van der Waals surface area contributed by atoms with Crippen LogP contribution in [0.5, 0.6) is 5.75 Å². The molecule has 2 aromatic carbocycles. The molecule has 29 heavy (non-hydrogen) atoms. The molecule has 1 aliphatic heterocycles.